The minimum absolute atomic E-state index is 0.101. The van der Waals surface area contributed by atoms with E-state index in [0.717, 1.165) is 0 Å². The van der Waals surface area contributed by atoms with E-state index >= 15 is 0 Å². The van der Waals surface area contributed by atoms with Crippen LogP contribution in [0.2, 0.25) is 0 Å². The number of rotatable bonds is 2. The molecule has 2 N–H and O–H groups in total. The summed E-state index contributed by atoms with van der Waals surface area (Å²) in [7, 11) is 0. The maximum Gasteiger partial charge on any atom is 0.243 e. The first kappa shape index (κ1) is 21.1. The van der Waals surface area contributed by atoms with E-state index in [9.17, 15) is 29.4 Å². The van der Waals surface area contributed by atoms with Crippen LogP contribution in [0.5, 0.6) is 11.5 Å². The largest absolute Gasteiger partial charge is 0.505 e. The average molecular weight is 454 g/mol. The van der Waals surface area contributed by atoms with Gasteiger partial charge in [0, 0.05) is 10.8 Å². The summed E-state index contributed by atoms with van der Waals surface area (Å²) in [6, 6.07) is 19.8. The maximum atomic E-state index is 13.0. The molecule has 0 unspecified atom stereocenters. The molecule has 4 aromatic carbocycles. The van der Waals surface area contributed by atoms with Crippen LogP contribution in [0, 0.1) is 0 Å². The highest BCUT2D eigenvalue weighted by Crippen LogP contribution is 2.38. The lowest BCUT2D eigenvalue weighted by Crippen LogP contribution is -2.49. The Labute approximate surface area is 193 Å². The number of carbonyl (C=O) groups is 4. The lowest BCUT2D eigenvalue weighted by molar-refractivity contribution is -0.134. The molecule has 1 saturated heterocycles. The van der Waals surface area contributed by atoms with Crippen LogP contribution in [0.25, 0.3) is 21.5 Å². The van der Waals surface area contributed by atoms with E-state index in [1.165, 1.54) is 12.1 Å². The Morgan fingerprint density at radius 3 is 1.24 bits per heavy atom. The summed E-state index contributed by atoms with van der Waals surface area (Å²) in [6.45, 7) is 0. The van der Waals surface area contributed by atoms with Crippen LogP contribution < -0.4 is 9.80 Å². The third kappa shape index (κ3) is 3.32. The van der Waals surface area contributed by atoms with Crippen LogP contribution in [0.3, 0.4) is 0 Å². The highest BCUT2D eigenvalue weighted by molar-refractivity contribution is 6.32. The minimum atomic E-state index is -0.890. The number of nitrogens with zero attached hydrogens (tertiary/aromatic N) is 2. The average Bonchev–Trinajstić information content (AvgIpc) is 2.82. The summed E-state index contributed by atoms with van der Waals surface area (Å²) in [6.07, 6.45) is -1.62. The second-order valence-electron chi connectivity index (χ2n) is 7.91. The number of anilines is 2. The van der Waals surface area contributed by atoms with Crippen molar-refractivity contribution in [1.29, 1.82) is 0 Å². The molecule has 4 amide bonds. The number of phenolic OH excluding ortho intramolecular Hbond substituents is 2. The molecule has 1 fully saturated rings. The fourth-order valence-electron chi connectivity index (χ4n) is 4.24. The van der Waals surface area contributed by atoms with Gasteiger partial charge >= 0.3 is 0 Å². The smallest absolute Gasteiger partial charge is 0.243 e. The molecule has 0 radical (unpaired) electrons. The molecule has 168 valence electrons. The molecule has 1 aliphatic heterocycles. The molecule has 0 aromatic heterocycles. The summed E-state index contributed by atoms with van der Waals surface area (Å²) < 4.78 is 0. The number of amides is 4. The van der Waals surface area contributed by atoms with Crippen molar-refractivity contribution in [2.24, 2.45) is 0 Å². The summed E-state index contributed by atoms with van der Waals surface area (Å²) >= 11 is 0. The number of carbonyl (C=O) groups excluding carboxylic acids is 4. The van der Waals surface area contributed by atoms with Crippen molar-refractivity contribution in [1.82, 2.24) is 0 Å². The first-order valence-corrected chi connectivity index (χ1v) is 10.5. The van der Waals surface area contributed by atoms with Gasteiger partial charge in [-0.05, 0) is 22.9 Å². The van der Waals surface area contributed by atoms with E-state index in [1.807, 2.05) is 0 Å². The molecule has 8 heteroatoms. The second kappa shape index (κ2) is 8.00. The van der Waals surface area contributed by atoms with Gasteiger partial charge in [0.1, 0.15) is 24.3 Å². The summed E-state index contributed by atoms with van der Waals surface area (Å²) in [4.78, 5) is 53.5. The Bertz CT molecular complexity index is 1380. The zero-order valence-corrected chi connectivity index (χ0v) is 17.8. The molecule has 34 heavy (non-hydrogen) atoms. The van der Waals surface area contributed by atoms with Crippen LogP contribution in [-0.2, 0) is 19.2 Å². The zero-order valence-electron chi connectivity index (χ0n) is 17.8. The van der Waals surface area contributed by atoms with Crippen LogP contribution in [0.1, 0.15) is 12.8 Å². The number of benzene rings is 4. The van der Waals surface area contributed by atoms with Gasteiger partial charge in [0.25, 0.3) is 0 Å². The quantitative estimate of drug-likeness (QED) is 0.353. The Morgan fingerprint density at radius 2 is 0.853 bits per heavy atom. The van der Waals surface area contributed by atoms with Crippen LogP contribution in [0.4, 0.5) is 11.4 Å². The van der Waals surface area contributed by atoms with Gasteiger partial charge in [-0.15, -0.1) is 0 Å². The molecular weight excluding hydrogens is 436 g/mol. The highest BCUT2D eigenvalue weighted by atomic mass is 16.3. The Balaban J connectivity index is 1.55. The zero-order chi connectivity index (χ0) is 24.0. The van der Waals surface area contributed by atoms with E-state index < -0.39 is 36.5 Å². The Kier molecular flexibility index (Phi) is 4.98. The molecule has 5 rings (SSSR count). The summed E-state index contributed by atoms with van der Waals surface area (Å²) in [5, 5.41) is 23.7. The van der Waals surface area contributed by atoms with Gasteiger partial charge < -0.3 is 10.2 Å². The van der Waals surface area contributed by atoms with E-state index in [1.54, 1.807) is 60.7 Å². The normalized spacial score (nSPS) is 15.2. The van der Waals surface area contributed by atoms with Crippen LogP contribution in [-0.4, -0.2) is 33.8 Å². The molecular formula is C26H18N2O6. The number of aromatic hydroxyl groups is 2. The maximum absolute atomic E-state index is 13.0. The summed E-state index contributed by atoms with van der Waals surface area (Å²) in [5.41, 5.74) is -0.201. The third-order valence-corrected chi connectivity index (χ3v) is 5.84. The molecule has 1 aliphatic rings. The van der Waals surface area contributed by atoms with Gasteiger partial charge in [-0.25, -0.2) is 9.80 Å². The monoisotopic (exact) mass is 454 g/mol. The van der Waals surface area contributed by atoms with Gasteiger partial charge in [-0.2, -0.15) is 0 Å². The lowest BCUT2D eigenvalue weighted by atomic mass is 10.1. The first-order chi connectivity index (χ1) is 16.4. The molecule has 0 atom stereocenters. The fourth-order valence-corrected chi connectivity index (χ4v) is 4.24. The van der Waals surface area contributed by atoms with Crippen molar-refractivity contribution >= 4 is 56.5 Å². The molecule has 0 bridgehead atoms. The molecule has 4 aromatic rings. The van der Waals surface area contributed by atoms with Crippen molar-refractivity contribution < 1.29 is 29.4 Å². The predicted molar refractivity (Wildman–Crippen MR) is 125 cm³/mol. The van der Waals surface area contributed by atoms with E-state index in [2.05, 4.69) is 0 Å². The van der Waals surface area contributed by atoms with Gasteiger partial charge in [-0.3, -0.25) is 19.2 Å². The summed E-state index contributed by atoms with van der Waals surface area (Å²) in [5.74, 6) is -4.16. The van der Waals surface area contributed by atoms with Crippen molar-refractivity contribution in [3.63, 3.8) is 0 Å². The number of hydrogen-bond acceptors (Lipinski definition) is 6. The highest BCUT2D eigenvalue weighted by Gasteiger charge is 2.38. The van der Waals surface area contributed by atoms with Gasteiger partial charge in [-0.1, -0.05) is 60.7 Å². The number of hydrogen-bond donors (Lipinski definition) is 2. The number of imide groups is 2. The lowest BCUT2D eigenvalue weighted by Gasteiger charge is -2.29. The molecule has 0 saturated carbocycles. The van der Waals surface area contributed by atoms with Crippen molar-refractivity contribution in [2.45, 2.75) is 12.8 Å². The molecule has 8 nitrogen and oxygen atoms in total. The van der Waals surface area contributed by atoms with E-state index in [4.69, 9.17) is 0 Å². The van der Waals surface area contributed by atoms with Gasteiger partial charge in [0.2, 0.25) is 23.6 Å². The minimum Gasteiger partial charge on any atom is -0.505 e. The molecule has 1 heterocycles. The topological polar surface area (TPSA) is 115 Å². The molecule has 0 aliphatic carbocycles. The van der Waals surface area contributed by atoms with Crippen LogP contribution in [0.15, 0.2) is 72.8 Å². The van der Waals surface area contributed by atoms with E-state index in [0.29, 0.717) is 31.3 Å². The SMILES string of the molecule is O=C1CC(=O)N(c2ccc3ccccc3c2O)C(=O)CC(=O)N1c1ccc2ccccc2c1O. The first-order valence-electron chi connectivity index (χ1n) is 10.5. The molecule has 0 spiro atoms. The Morgan fingerprint density at radius 1 is 0.500 bits per heavy atom. The van der Waals surface area contributed by atoms with Crippen molar-refractivity contribution in [2.75, 3.05) is 9.80 Å². The number of phenols is 2. The van der Waals surface area contributed by atoms with Gasteiger partial charge in [0.15, 0.2) is 0 Å². The second-order valence-corrected chi connectivity index (χ2v) is 7.91. The van der Waals surface area contributed by atoms with Gasteiger partial charge in [0.05, 0.1) is 11.4 Å². The van der Waals surface area contributed by atoms with Crippen molar-refractivity contribution in [3.05, 3.63) is 72.8 Å². The predicted octanol–water partition coefficient (Wildman–Crippen LogP) is 3.62. The Hall–Kier alpha value is -4.72. The fraction of sp³-hybridized carbons (Fsp3) is 0.0769. The standard InChI is InChI=1S/C26H18N2O6/c29-21-13-23(31)28(20-12-10-16-6-2-4-8-18(16)26(20)34)24(32)14-22(30)27(21)19-11-9-15-5-1-3-7-17(15)25(19)33/h1-12,33-34H,13-14H2. The van der Waals surface area contributed by atoms with E-state index in [-0.39, 0.29) is 22.9 Å². The van der Waals surface area contributed by atoms with Crippen molar-refractivity contribution in [3.8, 4) is 11.5 Å². The number of fused-ring (bicyclic) bond motifs is 2. The third-order valence-electron chi connectivity index (χ3n) is 5.84. The van der Waals surface area contributed by atoms with Crippen LogP contribution >= 0.6 is 0 Å².